The van der Waals surface area contributed by atoms with Gasteiger partial charge in [-0.2, -0.15) is 0 Å². The van der Waals surface area contributed by atoms with Crippen LogP contribution in [0.15, 0.2) is 22.8 Å². The van der Waals surface area contributed by atoms with Crippen LogP contribution in [0.2, 0.25) is 0 Å². The lowest BCUT2D eigenvalue weighted by atomic mass is 10.0. The van der Waals surface area contributed by atoms with E-state index in [0.717, 1.165) is 5.56 Å². The molecule has 1 aromatic heterocycles. The Bertz CT molecular complexity index is 536. The van der Waals surface area contributed by atoms with Gasteiger partial charge in [0.05, 0.1) is 0 Å². The molecule has 0 bridgehead atoms. The smallest absolute Gasteiger partial charge is 0.154 e. The summed E-state index contributed by atoms with van der Waals surface area (Å²) in [6.07, 6.45) is -1.09. The fraction of sp³-hybridized carbons (Fsp3) is 0.273. The van der Waals surface area contributed by atoms with E-state index in [2.05, 4.69) is 26.2 Å². The Hall–Kier alpha value is -1.27. The highest BCUT2D eigenvalue weighted by molar-refractivity contribution is 9.10. The number of rotatable bonds is 2. The maximum absolute atomic E-state index is 13.7. The molecule has 6 heteroatoms. The molecule has 0 radical (unpaired) electrons. The summed E-state index contributed by atoms with van der Waals surface area (Å²) >= 11 is 3.18. The number of nitrogens with zero attached hydrogens (tertiary/aromatic N) is 3. The van der Waals surface area contributed by atoms with Gasteiger partial charge in [0.1, 0.15) is 17.6 Å². The zero-order chi connectivity index (χ0) is 12.6. The number of halogens is 2. The van der Waals surface area contributed by atoms with Crippen LogP contribution in [-0.4, -0.2) is 20.1 Å². The number of hydrogen-bond donors (Lipinski definition) is 1. The molecule has 0 spiro atoms. The summed E-state index contributed by atoms with van der Waals surface area (Å²) in [5.74, 6) is -0.439. The highest BCUT2D eigenvalue weighted by atomic mass is 79.9. The molecule has 0 aliphatic heterocycles. The Morgan fingerprint density at radius 1 is 1.47 bits per heavy atom. The SMILES string of the molecule is Cc1ccc(C(O)c2c(Br)nnn2C)c(F)c1. The quantitative estimate of drug-likeness (QED) is 0.924. The summed E-state index contributed by atoms with van der Waals surface area (Å²) in [5.41, 5.74) is 1.44. The Morgan fingerprint density at radius 2 is 2.18 bits per heavy atom. The first-order valence-corrected chi connectivity index (χ1v) is 5.79. The van der Waals surface area contributed by atoms with Gasteiger partial charge in [-0.3, -0.25) is 0 Å². The van der Waals surface area contributed by atoms with Crippen molar-refractivity contribution in [2.75, 3.05) is 0 Å². The maximum atomic E-state index is 13.7. The Kier molecular flexibility index (Phi) is 3.26. The standard InChI is InChI=1S/C11H11BrFN3O/c1-6-3-4-7(8(13)5-6)10(17)9-11(12)14-15-16(9)2/h3-5,10,17H,1-2H3. The molecule has 1 N–H and O–H groups in total. The van der Waals surface area contributed by atoms with E-state index < -0.39 is 11.9 Å². The van der Waals surface area contributed by atoms with E-state index in [-0.39, 0.29) is 5.56 Å². The maximum Gasteiger partial charge on any atom is 0.154 e. The van der Waals surface area contributed by atoms with Crippen LogP contribution >= 0.6 is 15.9 Å². The number of aryl methyl sites for hydroxylation is 2. The van der Waals surface area contributed by atoms with E-state index in [1.54, 1.807) is 26.1 Å². The molecule has 0 aliphatic rings. The Balaban J connectivity index is 2.47. The molecule has 1 atom stereocenters. The second-order valence-corrected chi connectivity index (χ2v) is 4.57. The first-order valence-electron chi connectivity index (χ1n) is 5.00. The first kappa shape index (κ1) is 12.2. The van der Waals surface area contributed by atoms with Gasteiger partial charge in [0.15, 0.2) is 4.60 Å². The summed E-state index contributed by atoms with van der Waals surface area (Å²) in [6, 6.07) is 4.70. The fourth-order valence-corrected chi connectivity index (χ4v) is 2.17. The summed E-state index contributed by atoms with van der Waals surface area (Å²) in [4.78, 5) is 0. The van der Waals surface area contributed by atoms with Crippen molar-refractivity contribution in [3.8, 4) is 0 Å². The van der Waals surface area contributed by atoms with E-state index in [9.17, 15) is 9.50 Å². The third kappa shape index (κ3) is 2.23. The molecule has 4 nitrogen and oxygen atoms in total. The lowest BCUT2D eigenvalue weighted by Crippen LogP contribution is -2.09. The zero-order valence-corrected chi connectivity index (χ0v) is 10.9. The second kappa shape index (κ2) is 4.54. The van der Waals surface area contributed by atoms with Crippen LogP contribution in [0.1, 0.15) is 22.9 Å². The minimum atomic E-state index is -1.09. The van der Waals surface area contributed by atoms with Crippen molar-refractivity contribution in [1.82, 2.24) is 15.0 Å². The molecular formula is C11H11BrFN3O. The Labute approximate surface area is 106 Å². The van der Waals surface area contributed by atoms with Gasteiger partial charge in [0.25, 0.3) is 0 Å². The summed E-state index contributed by atoms with van der Waals surface area (Å²) in [6.45, 7) is 1.79. The third-order valence-electron chi connectivity index (χ3n) is 2.54. The van der Waals surface area contributed by atoms with Crippen LogP contribution in [0, 0.1) is 12.7 Å². The molecule has 0 saturated heterocycles. The molecule has 17 heavy (non-hydrogen) atoms. The molecule has 2 rings (SSSR count). The van der Waals surface area contributed by atoms with Crippen LogP contribution < -0.4 is 0 Å². The van der Waals surface area contributed by atoms with Gasteiger partial charge in [-0.25, -0.2) is 9.07 Å². The molecule has 1 unspecified atom stereocenters. The lowest BCUT2D eigenvalue weighted by Gasteiger charge is -2.12. The molecule has 2 aromatic rings. The van der Waals surface area contributed by atoms with Crippen LogP contribution in [0.3, 0.4) is 0 Å². The van der Waals surface area contributed by atoms with Gasteiger partial charge < -0.3 is 5.11 Å². The van der Waals surface area contributed by atoms with Crippen LogP contribution in [-0.2, 0) is 7.05 Å². The first-order chi connectivity index (χ1) is 8.00. The van der Waals surface area contributed by atoms with Gasteiger partial charge in [0.2, 0.25) is 0 Å². The predicted octanol–water partition coefficient (Wildman–Crippen LogP) is 2.11. The minimum absolute atomic E-state index is 0.210. The van der Waals surface area contributed by atoms with Crippen molar-refractivity contribution in [2.45, 2.75) is 13.0 Å². The van der Waals surface area contributed by atoms with Gasteiger partial charge in [-0.1, -0.05) is 17.3 Å². The topological polar surface area (TPSA) is 50.9 Å². The van der Waals surface area contributed by atoms with Crippen molar-refractivity contribution in [2.24, 2.45) is 7.05 Å². The molecule has 1 aromatic carbocycles. The van der Waals surface area contributed by atoms with Gasteiger partial charge in [0, 0.05) is 12.6 Å². The molecule has 1 heterocycles. The van der Waals surface area contributed by atoms with Crippen molar-refractivity contribution >= 4 is 15.9 Å². The van der Waals surface area contributed by atoms with Crippen LogP contribution in [0.4, 0.5) is 4.39 Å². The van der Waals surface area contributed by atoms with E-state index in [1.807, 2.05) is 0 Å². The highest BCUT2D eigenvalue weighted by Gasteiger charge is 2.22. The normalized spacial score (nSPS) is 12.8. The third-order valence-corrected chi connectivity index (χ3v) is 3.10. The van der Waals surface area contributed by atoms with Crippen LogP contribution in [0.25, 0.3) is 0 Å². The fourth-order valence-electron chi connectivity index (χ4n) is 1.63. The number of aliphatic hydroxyl groups excluding tert-OH is 1. The van der Waals surface area contributed by atoms with Crippen molar-refractivity contribution in [3.63, 3.8) is 0 Å². The molecular weight excluding hydrogens is 289 g/mol. The van der Waals surface area contributed by atoms with E-state index in [4.69, 9.17) is 0 Å². The van der Waals surface area contributed by atoms with Crippen molar-refractivity contribution < 1.29 is 9.50 Å². The number of hydrogen-bond acceptors (Lipinski definition) is 3. The molecule has 0 fully saturated rings. The molecule has 90 valence electrons. The number of aromatic nitrogens is 3. The summed E-state index contributed by atoms with van der Waals surface area (Å²) in [5, 5.41) is 17.6. The second-order valence-electron chi connectivity index (χ2n) is 3.82. The lowest BCUT2D eigenvalue weighted by molar-refractivity contribution is 0.204. The summed E-state index contributed by atoms with van der Waals surface area (Å²) < 4.78 is 15.6. The van der Waals surface area contributed by atoms with E-state index in [1.165, 1.54) is 10.7 Å². The van der Waals surface area contributed by atoms with Crippen molar-refractivity contribution in [3.05, 3.63) is 45.4 Å². The van der Waals surface area contributed by atoms with Crippen LogP contribution in [0.5, 0.6) is 0 Å². The largest absolute Gasteiger partial charge is 0.382 e. The zero-order valence-electron chi connectivity index (χ0n) is 9.35. The van der Waals surface area contributed by atoms with Gasteiger partial charge >= 0.3 is 0 Å². The number of benzene rings is 1. The molecule has 0 saturated carbocycles. The average molecular weight is 300 g/mol. The van der Waals surface area contributed by atoms with Gasteiger partial charge in [-0.05, 0) is 34.5 Å². The van der Waals surface area contributed by atoms with E-state index >= 15 is 0 Å². The van der Waals surface area contributed by atoms with Crippen molar-refractivity contribution in [1.29, 1.82) is 0 Å². The summed E-state index contributed by atoms with van der Waals surface area (Å²) in [7, 11) is 1.64. The Morgan fingerprint density at radius 3 is 2.71 bits per heavy atom. The predicted molar refractivity (Wildman–Crippen MR) is 63.9 cm³/mol. The molecule has 0 amide bonds. The highest BCUT2D eigenvalue weighted by Crippen LogP contribution is 2.28. The monoisotopic (exact) mass is 299 g/mol. The minimum Gasteiger partial charge on any atom is -0.382 e. The van der Waals surface area contributed by atoms with E-state index in [0.29, 0.717) is 10.3 Å². The van der Waals surface area contributed by atoms with Gasteiger partial charge in [-0.15, -0.1) is 5.10 Å². The number of aliphatic hydroxyl groups is 1. The molecule has 0 aliphatic carbocycles. The average Bonchev–Trinajstić information content (AvgIpc) is 2.58.